The van der Waals surface area contributed by atoms with E-state index in [-0.39, 0.29) is 17.9 Å². The summed E-state index contributed by atoms with van der Waals surface area (Å²) in [5.41, 5.74) is 5.02. The average molecular weight is 393 g/mol. The van der Waals surface area contributed by atoms with Crippen LogP contribution in [0.3, 0.4) is 0 Å². The van der Waals surface area contributed by atoms with Gasteiger partial charge in [0, 0.05) is 17.6 Å². The first kappa shape index (κ1) is 20.3. The summed E-state index contributed by atoms with van der Waals surface area (Å²) in [6.07, 6.45) is 7.44. The number of benzene rings is 1. The fourth-order valence-electron chi connectivity index (χ4n) is 4.24. The Morgan fingerprint density at radius 1 is 1.04 bits per heavy atom. The van der Waals surface area contributed by atoms with E-state index in [9.17, 15) is 13.2 Å². The highest BCUT2D eigenvalue weighted by Crippen LogP contribution is 2.32. The molecule has 2 N–H and O–H groups in total. The monoisotopic (exact) mass is 392 g/mol. The van der Waals surface area contributed by atoms with E-state index in [1.165, 1.54) is 29.5 Å². The topological polar surface area (TPSA) is 75.3 Å². The molecule has 2 aliphatic carbocycles. The van der Waals surface area contributed by atoms with Crippen molar-refractivity contribution >= 4 is 21.6 Å². The molecule has 3 rings (SSSR count). The summed E-state index contributed by atoms with van der Waals surface area (Å²) in [5.74, 6) is 0.0436. The number of carbonyl (C=O) groups excluding carboxylic acids is 1. The molecule has 1 saturated carbocycles. The maximum Gasteiger partial charge on any atom is 0.227 e. The molecule has 1 amide bonds. The molecule has 150 valence electrons. The van der Waals surface area contributed by atoms with Crippen LogP contribution in [0.2, 0.25) is 0 Å². The number of amides is 1. The number of hydrogen-bond donors (Lipinski definition) is 2. The van der Waals surface area contributed by atoms with Gasteiger partial charge >= 0.3 is 0 Å². The van der Waals surface area contributed by atoms with Gasteiger partial charge in [-0.15, -0.1) is 0 Å². The highest BCUT2D eigenvalue weighted by atomic mass is 32.2. The average Bonchev–Trinajstić information content (AvgIpc) is 2.64. The first-order valence-corrected chi connectivity index (χ1v) is 11.8. The van der Waals surface area contributed by atoms with Crippen LogP contribution in [-0.4, -0.2) is 25.6 Å². The van der Waals surface area contributed by atoms with Crippen LogP contribution >= 0.6 is 0 Å². The van der Waals surface area contributed by atoms with E-state index >= 15 is 0 Å². The summed E-state index contributed by atoms with van der Waals surface area (Å²) in [6, 6.07) is 4.10. The lowest BCUT2D eigenvalue weighted by Crippen LogP contribution is -2.42. The largest absolute Gasteiger partial charge is 0.326 e. The summed E-state index contributed by atoms with van der Waals surface area (Å²) in [4.78, 5) is 12.8. The zero-order valence-corrected chi connectivity index (χ0v) is 17.5. The van der Waals surface area contributed by atoms with Gasteiger partial charge in [-0.2, -0.15) is 0 Å². The van der Waals surface area contributed by atoms with Crippen molar-refractivity contribution in [3.63, 3.8) is 0 Å². The summed E-state index contributed by atoms with van der Waals surface area (Å²) in [5, 5.41) is 2.75. The number of fused-ring (bicyclic) bond motifs is 1. The molecule has 1 fully saturated rings. The number of anilines is 1. The Labute approximate surface area is 163 Å². The van der Waals surface area contributed by atoms with Gasteiger partial charge in [0.15, 0.2) is 0 Å². The molecular formula is C21H32N2O3S. The molecule has 1 aromatic rings. The minimum atomic E-state index is -3.25. The molecule has 5 nitrogen and oxygen atoms in total. The first-order chi connectivity index (χ1) is 12.8. The summed E-state index contributed by atoms with van der Waals surface area (Å²) >= 11 is 0. The van der Waals surface area contributed by atoms with Crippen molar-refractivity contribution in [1.29, 1.82) is 0 Å². The second-order valence-electron chi connectivity index (χ2n) is 8.34. The molecule has 0 atom stereocenters. The molecule has 0 aromatic heterocycles. The Morgan fingerprint density at radius 3 is 2.30 bits per heavy atom. The van der Waals surface area contributed by atoms with Gasteiger partial charge in [0.25, 0.3) is 0 Å². The lowest BCUT2D eigenvalue weighted by atomic mass is 9.85. The first-order valence-electron chi connectivity index (χ1n) is 10.2. The van der Waals surface area contributed by atoms with Crippen molar-refractivity contribution in [2.75, 3.05) is 5.32 Å². The van der Waals surface area contributed by atoms with Gasteiger partial charge in [-0.1, -0.05) is 6.07 Å². The fourth-order valence-corrected chi connectivity index (χ4v) is 5.21. The molecule has 0 radical (unpaired) electrons. The summed E-state index contributed by atoms with van der Waals surface area (Å²) in [6.45, 7) is 5.52. The third kappa shape index (κ3) is 4.72. The normalized spacial score (nSPS) is 23.1. The van der Waals surface area contributed by atoms with Gasteiger partial charge in [0.05, 0.1) is 5.25 Å². The molecule has 0 heterocycles. The number of aryl methyl sites for hydroxylation is 1. The van der Waals surface area contributed by atoms with Crippen molar-refractivity contribution in [2.45, 2.75) is 83.4 Å². The van der Waals surface area contributed by atoms with E-state index in [1.54, 1.807) is 13.8 Å². The lowest BCUT2D eigenvalue weighted by Gasteiger charge is -2.29. The van der Waals surface area contributed by atoms with Gasteiger partial charge in [-0.3, -0.25) is 4.79 Å². The molecule has 0 saturated heterocycles. The number of hydrogen-bond acceptors (Lipinski definition) is 3. The van der Waals surface area contributed by atoms with Gasteiger partial charge in [0.1, 0.15) is 0 Å². The minimum Gasteiger partial charge on any atom is -0.326 e. The van der Waals surface area contributed by atoms with Crippen molar-refractivity contribution in [2.24, 2.45) is 5.92 Å². The molecule has 2 aliphatic rings. The highest BCUT2D eigenvalue weighted by molar-refractivity contribution is 7.90. The third-order valence-corrected chi connectivity index (χ3v) is 7.98. The Hall–Kier alpha value is -1.40. The predicted octanol–water partition coefficient (Wildman–Crippen LogP) is 3.70. The second-order valence-corrected chi connectivity index (χ2v) is 10.6. The van der Waals surface area contributed by atoms with Crippen molar-refractivity contribution in [3.8, 4) is 0 Å². The Balaban J connectivity index is 1.59. The van der Waals surface area contributed by atoms with Crippen molar-refractivity contribution < 1.29 is 13.2 Å². The molecule has 0 bridgehead atoms. The summed E-state index contributed by atoms with van der Waals surface area (Å²) < 4.78 is 26.8. The van der Waals surface area contributed by atoms with Gasteiger partial charge in [-0.25, -0.2) is 13.1 Å². The molecule has 27 heavy (non-hydrogen) atoms. The van der Waals surface area contributed by atoms with E-state index in [2.05, 4.69) is 23.0 Å². The van der Waals surface area contributed by atoms with Crippen LogP contribution in [0.5, 0.6) is 0 Å². The minimum absolute atomic E-state index is 0.0367. The molecule has 0 aliphatic heterocycles. The quantitative estimate of drug-likeness (QED) is 0.802. The Bertz CT molecular complexity index is 794. The van der Waals surface area contributed by atoms with Crippen LogP contribution < -0.4 is 10.0 Å². The fraction of sp³-hybridized carbons (Fsp3) is 0.667. The van der Waals surface area contributed by atoms with Gasteiger partial charge < -0.3 is 5.32 Å². The van der Waals surface area contributed by atoms with E-state index in [0.29, 0.717) is 0 Å². The van der Waals surface area contributed by atoms with Crippen LogP contribution in [0, 0.1) is 12.8 Å². The Morgan fingerprint density at radius 2 is 1.67 bits per heavy atom. The number of sulfonamides is 1. The molecule has 0 unspecified atom stereocenters. The zero-order chi connectivity index (χ0) is 19.6. The molecular weight excluding hydrogens is 360 g/mol. The van der Waals surface area contributed by atoms with Gasteiger partial charge in [-0.05, 0) is 94.9 Å². The number of carbonyl (C=O) groups is 1. The molecule has 6 heteroatoms. The molecule has 1 aromatic carbocycles. The van der Waals surface area contributed by atoms with Crippen LogP contribution in [0.4, 0.5) is 5.69 Å². The van der Waals surface area contributed by atoms with Crippen LogP contribution in [0.15, 0.2) is 12.1 Å². The molecule has 0 spiro atoms. The van der Waals surface area contributed by atoms with Gasteiger partial charge in [0.2, 0.25) is 15.9 Å². The van der Waals surface area contributed by atoms with E-state index in [4.69, 9.17) is 0 Å². The van der Waals surface area contributed by atoms with E-state index < -0.39 is 15.3 Å². The van der Waals surface area contributed by atoms with Crippen LogP contribution in [0.25, 0.3) is 0 Å². The SMILES string of the molecule is Cc1ccc(NC(=O)[C@H]2CC[C@H](NS(=O)(=O)C(C)C)CC2)c2c1CCCC2. The number of nitrogens with one attached hydrogen (secondary N) is 2. The Kier molecular flexibility index (Phi) is 6.26. The maximum atomic E-state index is 12.8. The second kappa shape index (κ2) is 8.31. The summed E-state index contributed by atoms with van der Waals surface area (Å²) in [7, 11) is -3.25. The predicted molar refractivity (Wildman–Crippen MR) is 109 cm³/mol. The maximum absolute atomic E-state index is 12.8. The zero-order valence-electron chi connectivity index (χ0n) is 16.7. The number of rotatable bonds is 5. The lowest BCUT2D eigenvalue weighted by molar-refractivity contribution is -0.120. The standard InChI is InChI=1S/C21H32N2O3S/c1-14(2)27(25,26)23-17-11-9-16(10-12-17)21(24)22-20-13-8-15(3)18-6-4-5-7-19(18)20/h8,13-14,16-17,23H,4-7,9-12H2,1-3H3,(H,22,24)/t16-,17-. The third-order valence-electron chi connectivity index (χ3n) is 6.08. The van der Waals surface area contributed by atoms with Crippen molar-refractivity contribution in [1.82, 2.24) is 4.72 Å². The van der Waals surface area contributed by atoms with Crippen LogP contribution in [-0.2, 0) is 27.7 Å². The van der Waals surface area contributed by atoms with E-state index in [0.717, 1.165) is 44.2 Å². The van der Waals surface area contributed by atoms with Crippen molar-refractivity contribution in [3.05, 3.63) is 28.8 Å². The smallest absolute Gasteiger partial charge is 0.227 e. The van der Waals surface area contributed by atoms with E-state index in [1.807, 2.05) is 6.07 Å². The van der Waals surface area contributed by atoms with Crippen LogP contribution in [0.1, 0.15) is 69.1 Å². The highest BCUT2D eigenvalue weighted by Gasteiger charge is 2.30.